The first kappa shape index (κ1) is 14.0. The first-order valence-corrected chi connectivity index (χ1v) is 7.78. The molecule has 0 aromatic heterocycles. The number of hydrogen-bond acceptors (Lipinski definition) is 3. The molecule has 0 aliphatic heterocycles. The minimum atomic E-state index is -3.63. The summed E-state index contributed by atoms with van der Waals surface area (Å²) >= 11 is 0. The van der Waals surface area contributed by atoms with Crippen LogP contribution in [0.2, 0.25) is 0 Å². The summed E-state index contributed by atoms with van der Waals surface area (Å²) in [4.78, 5) is 11.0. The van der Waals surface area contributed by atoms with Crippen LogP contribution in [0.1, 0.15) is 35.7 Å². The van der Waals surface area contributed by atoms with Crippen molar-refractivity contribution in [2.45, 2.75) is 31.1 Å². The quantitative estimate of drug-likeness (QED) is 0.831. The molecule has 0 atom stereocenters. The number of benzene rings is 1. The van der Waals surface area contributed by atoms with Gasteiger partial charge in [-0.15, -0.1) is 0 Å². The van der Waals surface area contributed by atoms with Crippen molar-refractivity contribution in [1.29, 1.82) is 0 Å². The van der Waals surface area contributed by atoms with Gasteiger partial charge in [-0.05, 0) is 42.9 Å². The Morgan fingerprint density at radius 1 is 1.42 bits per heavy atom. The largest absolute Gasteiger partial charge is 0.478 e. The van der Waals surface area contributed by atoms with Crippen LogP contribution in [0, 0.1) is 5.92 Å². The van der Waals surface area contributed by atoms with Crippen molar-refractivity contribution in [1.82, 2.24) is 4.72 Å². The van der Waals surface area contributed by atoms with Gasteiger partial charge in [0.15, 0.2) is 0 Å². The van der Waals surface area contributed by atoms with Crippen LogP contribution in [-0.4, -0.2) is 26.0 Å². The lowest BCUT2D eigenvalue weighted by Gasteiger charge is -2.11. The van der Waals surface area contributed by atoms with E-state index in [9.17, 15) is 13.2 Å². The summed E-state index contributed by atoms with van der Waals surface area (Å²) < 4.78 is 27.0. The van der Waals surface area contributed by atoms with E-state index < -0.39 is 16.0 Å². The van der Waals surface area contributed by atoms with Gasteiger partial charge in [0.2, 0.25) is 10.0 Å². The van der Waals surface area contributed by atoms with Crippen molar-refractivity contribution in [3.8, 4) is 0 Å². The molecule has 2 rings (SSSR count). The van der Waals surface area contributed by atoms with E-state index in [2.05, 4.69) is 4.72 Å². The van der Waals surface area contributed by atoms with Crippen LogP contribution in [0.3, 0.4) is 0 Å². The molecule has 1 aromatic carbocycles. The van der Waals surface area contributed by atoms with Gasteiger partial charge in [0.1, 0.15) is 0 Å². The number of carbonyl (C=O) groups is 1. The Bertz CT molecular complexity index is 591. The average molecular weight is 283 g/mol. The van der Waals surface area contributed by atoms with Gasteiger partial charge in [0, 0.05) is 6.54 Å². The highest BCUT2D eigenvalue weighted by atomic mass is 32.2. The second-order valence-electron chi connectivity index (χ2n) is 4.78. The Balaban J connectivity index is 2.33. The maximum Gasteiger partial charge on any atom is 0.335 e. The smallest absolute Gasteiger partial charge is 0.335 e. The van der Waals surface area contributed by atoms with E-state index in [1.165, 1.54) is 12.1 Å². The highest BCUT2D eigenvalue weighted by Gasteiger charge is 2.25. The Labute approximate surface area is 112 Å². The van der Waals surface area contributed by atoms with Crippen LogP contribution in [-0.2, 0) is 16.4 Å². The lowest BCUT2D eigenvalue weighted by Crippen LogP contribution is -2.27. The van der Waals surface area contributed by atoms with Crippen LogP contribution < -0.4 is 4.72 Å². The molecule has 2 N–H and O–H groups in total. The maximum atomic E-state index is 12.2. The van der Waals surface area contributed by atoms with Crippen molar-refractivity contribution in [3.05, 3.63) is 29.3 Å². The van der Waals surface area contributed by atoms with E-state index in [0.29, 0.717) is 24.4 Å². The summed E-state index contributed by atoms with van der Waals surface area (Å²) in [6.07, 6.45) is 2.65. The fraction of sp³-hybridized carbons (Fsp3) is 0.462. The molecule has 104 valence electrons. The van der Waals surface area contributed by atoms with Crippen molar-refractivity contribution >= 4 is 16.0 Å². The molecule has 6 heteroatoms. The fourth-order valence-electron chi connectivity index (χ4n) is 1.86. The third-order valence-corrected chi connectivity index (χ3v) is 4.75. The monoisotopic (exact) mass is 283 g/mol. The number of nitrogens with one attached hydrogen (secondary N) is 1. The Morgan fingerprint density at radius 3 is 2.63 bits per heavy atom. The second kappa shape index (κ2) is 5.30. The van der Waals surface area contributed by atoms with E-state index in [0.717, 1.165) is 12.8 Å². The van der Waals surface area contributed by atoms with Gasteiger partial charge in [-0.3, -0.25) is 0 Å². The van der Waals surface area contributed by atoms with E-state index in [-0.39, 0.29) is 10.5 Å². The molecular weight excluding hydrogens is 266 g/mol. The molecule has 5 nitrogen and oxygen atoms in total. The molecule has 0 spiro atoms. The third-order valence-electron chi connectivity index (χ3n) is 3.24. The molecule has 0 heterocycles. The Morgan fingerprint density at radius 2 is 2.11 bits per heavy atom. The predicted molar refractivity (Wildman–Crippen MR) is 70.7 cm³/mol. The minimum absolute atomic E-state index is 0.0102. The zero-order valence-corrected chi connectivity index (χ0v) is 11.5. The van der Waals surface area contributed by atoms with E-state index >= 15 is 0 Å². The first-order valence-electron chi connectivity index (χ1n) is 6.30. The summed E-state index contributed by atoms with van der Waals surface area (Å²) in [6.45, 7) is 2.28. The molecule has 0 radical (unpaired) electrons. The van der Waals surface area contributed by atoms with E-state index in [1.54, 1.807) is 6.07 Å². The number of rotatable bonds is 6. The molecule has 1 aromatic rings. The molecule has 1 fully saturated rings. The Kier molecular flexibility index (Phi) is 3.91. The van der Waals surface area contributed by atoms with Crippen LogP contribution in [0.25, 0.3) is 0 Å². The summed E-state index contributed by atoms with van der Waals surface area (Å²) in [5, 5.41) is 8.95. The first-order chi connectivity index (χ1) is 8.94. The zero-order valence-electron chi connectivity index (χ0n) is 10.7. The predicted octanol–water partition coefficient (Wildman–Crippen LogP) is 1.64. The van der Waals surface area contributed by atoms with Gasteiger partial charge in [-0.1, -0.05) is 13.0 Å². The van der Waals surface area contributed by atoms with Gasteiger partial charge in [0.25, 0.3) is 0 Å². The summed E-state index contributed by atoms with van der Waals surface area (Å²) in [7, 11) is -3.63. The molecule has 0 unspecified atom stereocenters. The van der Waals surface area contributed by atoms with Gasteiger partial charge < -0.3 is 5.11 Å². The van der Waals surface area contributed by atoms with Gasteiger partial charge in [-0.2, -0.15) is 0 Å². The lowest BCUT2D eigenvalue weighted by molar-refractivity contribution is 0.0696. The summed E-state index contributed by atoms with van der Waals surface area (Å²) in [5.74, 6) is -0.691. The van der Waals surface area contributed by atoms with E-state index in [1.807, 2.05) is 6.92 Å². The number of sulfonamides is 1. The second-order valence-corrected chi connectivity index (χ2v) is 6.51. The molecular formula is C13H17NO4S. The highest BCUT2D eigenvalue weighted by Crippen LogP contribution is 2.28. The summed E-state index contributed by atoms with van der Waals surface area (Å²) in [5.41, 5.74) is 0.622. The van der Waals surface area contributed by atoms with Crippen molar-refractivity contribution in [3.63, 3.8) is 0 Å². The molecule has 1 saturated carbocycles. The molecule has 1 aliphatic rings. The average Bonchev–Trinajstić information content (AvgIpc) is 3.19. The van der Waals surface area contributed by atoms with Crippen LogP contribution in [0.5, 0.6) is 0 Å². The number of aryl methyl sites for hydroxylation is 1. The topological polar surface area (TPSA) is 83.5 Å². The van der Waals surface area contributed by atoms with E-state index in [4.69, 9.17) is 5.11 Å². The van der Waals surface area contributed by atoms with Gasteiger partial charge in [0.05, 0.1) is 10.5 Å². The van der Waals surface area contributed by atoms with Crippen molar-refractivity contribution < 1.29 is 18.3 Å². The van der Waals surface area contributed by atoms with Crippen LogP contribution in [0.15, 0.2) is 23.1 Å². The lowest BCUT2D eigenvalue weighted by atomic mass is 10.1. The van der Waals surface area contributed by atoms with Crippen LogP contribution >= 0.6 is 0 Å². The number of hydrogen-bond donors (Lipinski definition) is 2. The number of carboxylic acids is 1. The fourth-order valence-corrected chi connectivity index (χ4v) is 3.31. The molecule has 0 saturated heterocycles. The normalized spacial score (nSPS) is 15.4. The zero-order chi connectivity index (χ0) is 14.0. The van der Waals surface area contributed by atoms with Gasteiger partial charge in [-0.25, -0.2) is 17.9 Å². The molecule has 0 bridgehead atoms. The van der Waals surface area contributed by atoms with Gasteiger partial charge >= 0.3 is 5.97 Å². The maximum absolute atomic E-state index is 12.2. The minimum Gasteiger partial charge on any atom is -0.478 e. The highest BCUT2D eigenvalue weighted by molar-refractivity contribution is 7.89. The number of carboxylic acid groups (broad SMARTS) is 1. The molecule has 19 heavy (non-hydrogen) atoms. The third kappa shape index (κ3) is 3.33. The Hall–Kier alpha value is -1.40. The SMILES string of the molecule is CCc1ccc(C(=O)O)cc1S(=O)(=O)NCC1CC1. The van der Waals surface area contributed by atoms with Crippen molar-refractivity contribution in [2.24, 2.45) is 5.92 Å². The molecule has 0 amide bonds. The summed E-state index contributed by atoms with van der Waals surface area (Å²) in [6, 6.07) is 4.23. The number of aromatic carboxylic acids is 1. The standard InChI is InChI=1S/C13H17NO4S/c1-2-10-5-6-11(13(15)16)7-12(10)19(17,18)14-8-9-3-4-9/h5-7,9,14H,2-4,8H2,1H3,(H,15,16). The molecule has 1 aliphatic carbocycles. The van der Waals surface area contributed by atoms with Crippen molar-refractivity contribution in [2.75, 3.05) is 6.54 Å². The van der Waals surface area contributed by atoms with Crippen LogP contribution in [0.4, 0.5) is 0 Å².